The number of unbranched alkanes of at least 4 members (excludes halogenated alkanes) is 1. The van der Waals surface area contributed by atoms with Gasteiger partial charge >= 0.3 is 0 Å². The smallest absolute Gasteiger partial charge is 0.153 e. The molecule has 0 unspecified atom stereocenters. The van der Waals surface area contributed by atoms with Gasteiger partial charge in [0.15, 0.2) is 9.84 Å². The molecule has 0 rings (SSSR count). The molecule has 0 atom stereocenters. The molecule has 0 saturated carbocycles. The van der Waals surface area contributed by atoms with Gasteiger partial charge in [0.25, 0.3) is 0 Å². The molecule has 0 aromatic carbocycles. The molecule has 14 heavy (non-hydrogen) atoms. The number of methoxy groups -OCH3 is 1. The van der Waals surface area contributed by atoms with E-state index in [9.17, 15) is 8.42 Å². The van der Waals surface area contributed by atoms with Crippen LogP contribution < -0.4 is 5.32 Å². The minimum atomic E-state index is -2.92. The van der Waals surface area contributed by atoms with E-state index in [1.54, 1.807) is 0 Å². The molecule has 0 fully saturated rings. The summed E-state index contributed by atoms with van der Waals surface area (Å²) in [6, 6.07) is 0. The lowest BCUT2D eigenvalue weighted by Gasteiger charge is -2.04. The first kappa shape index (κ1) is 13.9. The van der Waals surface area contributed by atoms with Crippen LogP contribution in [-0.2, 0) is 14.6 Å². The van der Waals surface area contributed by atoms with Crippen LogP contribution in [0.5, 0.6) is 0 Å². The maximum atomic E-state index is 11.3. The van der Waals surface area contributed by atoms with Crippen LogP contribution in [0.1, 0.15) is 19.8 Å². The van der Waals surface area contributed by atoms with Crippen molar-refractivity contribution in [2.75, 3.05) is 38.3 Å². The molecule has 5 heteroatoms. The first-order valence-corrected chi connectivity index (χ1v) is 6.84. The van der Waals surface area contributed by atoms with Gasteiger partial charge in [-0.3, -0.25) is 0 Å². The van der Waals surface area contributed by atoms with Crippen LogP contribution in [0.15, 0.2) is 0 Å². The zero-order valence-electron chi connectivity index (χ0n) is 9.08. The molecule has 4 nitrogen and oxygen atoms in total. The number of hydrogen-bond acceptors (Lipinski definition) is 4. The minimum absolute atomic E-state index is 0.124. The molecule has 0 amide bonds. The highest BCUT2D eigenvalue weighted by atomic mass is 32.2. The van der Waals surface area contributed by atoms with E-state index in [0.29, 0.717) is 6.54 Å². The van der Waals surface area contributed by atoms with Crippen LogP contribution in [0.3, 0.4) is 0 Å². The fraction of sp³-hybridized carbons (Fsp3) is 1.00. The SMILES string of the molecule is CCCCNCCS(=O)(=O)CCOC. The average molecular weight is 223 g/mol. The summed E-state index contributed by atoms with van der Waals surface area (Å²) in [5.74, 6) is 0.332. The Labute approximate surface area is 86.9 Å². The highest BCUT2D eigenvalue weighted by Crippen LogP contribution is 1.89. The molecule has 0 aliphatic heterocycles. The van der Waals surface area contributed by atoms with E-state index in [2.05, 4.69) is 12.2 Å². The maximum Gasteiger partial charge on any atom is 0.153 e. The first-order chi connectivity index (χ1) is 6.62. The maximum absolute atomic E-state index is 11.3. The van der Waals surface area contributed by atoms with Gasteiger partial charge in [0.2, 0.25) is 0 Å². The molecule has 0 aromatic heterocycles. The highest BCUT2D eigenvalue weighted by molar-refractivity contribution is 7.91. The van der Waals surface area contributed by atoms with Crippen LogP contribution in [0.25, 0.3) is 0 Å². The molecule has 1 N–H and O–H groups in total. The number of hydrogen-bond donors (Lipinski definition) is 1. The topological polar surface area (TPSA) is 55.4 Å². The summed E-state index contributed by atoms with van der Waals surface area (Å²) in [7, 11) is -1.41. The van der Waals surface area contributed by atoms with Crippen molar-refractivity contribution in [1.29, 1.82) is 0 Å². The van der Waals surface area contributed by atoms with Crippen molar-refractivity contribution < 1.29 is 13.2 Å². The van der Waals surface area contributed by atoms with Crippen molar-refractivity contribution in [3.05, 3.63) is 0 Å². The molecule has 0 aromatic rings. The second kappa shape index (κ2) is 8.20. The van der Waals surface area contributed by atoms with Crippen molar-refractivity contribution in [3.8, 4) is 0 Å². The Morgan fingerprint density at radius 2 is 1.93 bits per heavy atom. The van der Waals surface area contributed by atoms with Crippen molar-refractivity contribution >= 4 is 9.84 Å². The van der Waals surface area contributed by atoms with E-state index < -0.39 is 9.84 Å². The molecule has 86 valence electrons. The van der Waals surface area contributed by atoms with Gasteiger partial charge in [0.05, 0.1) is 18.1 Å². The van der Waals surface area contributed by atoms with E-state index in [0.717, 1.165) is 19.4 Å². The van der Waals surface area contributed by atoms with Gasteiger partial charge < -0.3 is 10.1 Å². The Morgan fingerprint density at radius 3 is 2.50 bits per heavy atom. The lowest BCUT2D eigenvalue weighted by molar-refractivity contribution is 0.217. The summed E-state index contributed by atoms with van der Waals surface area (Å²) in [5, 5.41) is 3.10. The quantitative estimate of drug-likeness (QED) is 0.576. The third-order valence-electron chi connectivity index (χ3n) is 1.90. The van der Waals surface area contributed by atoms with Crippen molar-refractivity contribution in [3.63, 3.8) is 0 Å². The van der Waals surface area contributed by atoms with E-state index in [-0.39, 0.29) is 18.1 Å². The van der Waals surface area contributed by atoms with E-state index >= 15 is 0 Å². The van der Waals surface area contributed by atoms with Crippen LogP contribution >= 0.6 is 0 Å². The Bertz CT molecular complexity index is 214. The number of sulfone groups is 1. The van der Waals surface area contributed by atoms with E-state index in [1.165, 1.54) is 7.11 Å². The number of ether oxygens (including phenoxy) is 1. The number of rotatable bonds is 9. The molecule has 0 radical (unpaired) electrons. The molecular formula is C9H21NO3S. The molecule has 0 saturated heterocycles. The van der Waals surface area contributed by atoms with Crippen LogP contribution in [0, 0.1) is 0 Å². The van der Waals surface area contributed by atoms with Crippen molar-refractivity contribution in [1.82, 2.24) is 5.32 Å². The monoisotopic (exact) mass is 223 g/mol. The minimum Gasteiger partial charge on any atom is -0.384 e. The molecule has 0 aliphatic carbocycles. The van der Waals surface area contributed by atoms with Gasteiger partial charge in [-0.1, -0.05) is 13.3 Å². The van der Waals surface area contributed by atoms with Gasteiger partial charge in [0.1, 0.15) is 0 Å². The Morgan fingerprint density at radius 1 is 1.21 bits per heavy atom. The van der Waals surface area contributed by atoms with Crippen LogP contribution in [0.2, 0.25) is 0 Å². The van der Waals surface area contributed by atoms with Gasteiger partial charge in [-0.2, -0.15) is 0 Å². The summed E-state index contributed by atoms with van der Waals surface area (Å²) in [6.07, 6.45) is 2.22. The molecule has 0 spiro atoms. The van der Waals surface area contributed by atoms with Gasteiger partial charge in [-0.05, 0) is 13.0 Å². The van der Waals surface area contributed by atoms with Gasteiger partial charge in [-0.15, -0.1) is 0 Å². The lowest BCUT2D eigenvalue weighted by Crippen LogP contribution is -2.26. The Balaban J connectivity index is 3.46. The third-order valence-corrected chi connectivity index (χ3v) is 3.51. The Hall–Kier alpha value is -0.130. The van der Waals surface area contributed by atoms with Crippen molar-refractivity contribution in [2.45, 2.75) is 19.8 Å². The summed E-state index contributed by atoms with van der Waals surface area (Å²) >= 11 is 0. The second-order valence-electron chi connectivity index (χ2n) is 3.25. The van der Waals surface area contributed by atoms with E-state index in [4.69, 9.17) is 4.74 Å². The van der Waals surface area contributed by atoms with Crippen LogP contribution in [0.4, 0.5) is 0 Å². The van der Waals surface area contributed by atoms with Crippen molar-refractivity contribution in [2.24, 2.45) is 0 Å². The molecular weight excluding hydrogens is 202 g/mol. The van der Waals surface area contributed by atoms with E-state index in [1.807, 2.05) is 0 Å². The van der Waals surface area contributed by atoms with Gasteiger partial charge in [-0.25, -0.2) is 8.42 Å². The average Bonchev–Trinajstić information content (AvgIpc) is 2.15. The molecule has 0 heterocycles. The van der Waals surface area contributed by atoms with Crippen LogP contribution in [-0.4, -0.2) is 46.7 Å². The predicted octanol–water partition coefficient (Wildman–Crippen LogP) is 0.437. The summed E-state index contributed by atoms with van der Waals surface area (Å²) in [6.45, 7) is 3.84. The Kier molecular flexibility index (Phi) is 8.12. The first-order valence-electron chi connectivity index (χ1n) is 5.02. The molecule has 0 aliphatic rings. The number of nitrogens with one attached hydrogen (secondary N) is 1. The second-order valence-corrected chi connectivity index (χ2v) is 5.55. The largest absolute Gasteiger partial charge is 0.384 e. The molecule has 0 bridgehead atoms. The fourth-order valence-electron chi connectivity index (χ4n) is 0.967. The lowest BCUT2D eigenvalue weighted by atomic mass is 10.3. The summed E-state index contributed by atoms with van der Waals surface area (Å²) in [5.41, 5.74) is 0. The fourth-order valence-corrected chi connectivity index (χ4v) is 2.05. The zero-order chi connectivity index (χ0) is 10.9. The standard InChI is InChI=1S/C9H21NO3S/c1-3-4-5-10-6-8-14(11,12)9-7-13-2/h10H,3-9H2,1-2H3. The van der Waals surface area contributed by atoms with Gasteiger partial charge in [0, 0.05) is 13.7 Å². The summed E-state index contributed by atoms with van der Waals surface area (Å²) < 4.78 is 27.3. The zero-order valence-corrected chi connectivity index (χ0v) is 9.90. The summed E-state index contributed by atoms with van der Waals surface area (Å²) in [4.78, 5) is 0. The third kappa shape index (κ3) is 8.47. The normalized spacial score (nSPS) is 11.9. The highest BCUT2D eigenvalue weighted by Gasteiger charge is 2.08. The predicted molar refractivity (Wildman–Crippen MR) is 58.3 cm³/mol.